The average Bonchev–Trinajstić information content (AvgIpc) is 3.03. The van der Waals surface area contributed by atoms with Crippen molar-refractivity contribution in [2.75, 3.05) is 0 Å². The third-order valence-electron chi connectivity index (χ3n) is 5.99. The Morgan fingerprint density at radius 1 is 0.375 bits per heavy atom. The normalized spacial score (nSPS) is 9.25. The first-order chi connectivity index (χ1) is 22.8. The number of aryl methyl sites for hydroxylation is 12. The van der Waals surface area contributed by atoms with Crippen LogP contribution in [-0.2, 0) is 0 Å². The lowest BCUT2D eigenvalue weighted by Crippen LogP contribution is -1.86. The monoisotopic (exact) mass is 648 g/mol. The van der Waals surface area contributed by atoms with Crippen LogP contribution in [0, 0.1) is 83.1 Å². The summed E-state index contributed by atoms with van der Waals surface area (Å²) >= 11 is 0. The minimum Gasteiger partial charge on any atom is -0.245 e. The molecule has 0 unspecified atom stereocenters. The molecule has 0 aromatic carbocycles. The van der Waals surface area contributed by atoms with Crippen molar-refractivity contribution in [3.8, 4) is 0 Å². The highest BCUT2D eigenvalue weighted by Gasteiger charge is 1.88. The molecule has 48 heavy (non-hydrogen) atoms. The van der Waals surface area contributed by atoms with Gasteiger partial charge >= 0.3 is 0 Å². The summed E-state index contributed by atoms with van der Waals surface area (Å²) in [5.41, 5.74) is 9.61. The minimum absolute atomic E-state index is 0.829. The molecule has 6 heterocycles. The number of nitrogens with zero attached hydrogens (tertiary/aromatic N) is 12. The number of hydrogen-bond donors (Lipinski definition) is 0. The summed E-state index contributed by atoms with van der Waals surface area (Å²) in [6.07, 6.45) is 15.4. The van der Waals surface area contributed by atoms with Gasteiger partial charge < -0.3 is 0 Å². The standard InChI is InChI=1S/6C6H8N2/c2*1-5-3-7-4-8-6(5)2;1-5-3-6(2)8-4-7-5;1-5-3-7-6(2)8-4-5;2*1-5-3-4-7-6(2)8-5/h6*3-4H,1-2H3. The maximum atomic E-state index is 4.06. The van der Waals surface area contributed by atoms with E-state index in [9.17, 15) is 0 Å². The molecule has 12 heteroatoms. The molecule has 0 fully saturated rings. The first kappa shape index (κ1) is 40.5. The van der Waals surface area contributed by atoms with Gasteiger partial charge in [0.25, 0.3) is 0 Å². The Labute approximate surface area is 285 Å². The third kappa shape index (κ3) is 19.8. The Morgan fingerprint density at radius 2 is 0.792 bits per heavy atom. The van der Waals surface area contributed by atoms with E-state index in [1.165, 1.54) is 0 Å². The molecule has 0 spiro atoms. The van der Waals surface area contributed by atoms with Crippen molar-refractivity contribution < 1.29 is 0 Å². The minimum atomic E-state index is 0.829. The molecule has 0 radical (unpaired) electrons. The topological polar surface area (TPSA) is 155 Å². The Kier molecular flexibility index (Phi) is 19.3. The van der Waals surface area contributed by atoms with Gasteiger partial charge in [-0.15, -0.1) is 0 Å². The van der Waals surface area contributed by atoms with Crippen LogP contribution >= 0.6 is 0 Å². The van der Waals surface area contributed by atoms with E-state index in [-0.39, 0.29) is 0 Å². The quantitative estimate of drug-likeness (QED) is 0.175. The number of hydrogen-bond acceptors (Lipinski definition) is 12. The fourth-order valence-corrected chi connectivity index (χ4v) is 3.11. The van der Waals surface area contributed by atoms with Crippen molar-refractivity contribution in [1.82, 2.24) is 59.8 Å². The smallest absolute Gasteiger partial charge is 0.125 e. The van der Waals surface area contributed by atoms with Gasteiger partial charge in [-0.2, -0.15) is 0 Å². The van der Waals surface area contributed by atoms with Crippen LogP contribution in [0.4, 0.5) is 0 Å². The third-order valence-corrected chi connectivity index (χ3v) is 5.99. The Balaban J connectivity index is 0.000000288. The largest absolute Gasteiger partial charge is 0.245 e. The van der Waals surface area contributed by atoms with Crippen LogP contribution in [0.5, 0.6) is 0 Å². The van der Waals surface area contributed by atoms with E-state index in [4.69, 9.17) is 0 Å². The lowest BCUT2D eigenvalue weighted by atomic mass is 10.3. The Hall–Kier alpha value is -5.52. The van der Waals surface area contributed by atoms with Crippen molar-refractivity contribution >= 4 is 0 Å². The van der Waals surface area contributed by atoms with E-state index in [0.717, 1.165) is 68.3 Å². The van der Waals surface area contributed by atoms with E-state index < -0.39 is 0 Å². The summed E-state index contributed by atoms with van der Waals surface area (Å²) in [7, 11) is 0. The molecule has 0 saturated heterocycles. The molecule has 6 aromatic rings. The average molecular weight is 649 g/mol. The lowest BCUT2D eigenvalue weighted by Gasteiger charge is -1.91. The number of aromatic nitrogens is 12. The molecule has 0 aliphatic carbocycles. The summed E-state index contributed by atoms with van der Waals surface area (Å²) in [5.74, 6) is 2.51. The molecule has 0 N–H and O–H groups in total. The molecule has 0 aliphatic rings. The Morgan fingerprint density at radius 3 is 1.02 bits per heavy atom. The van der Waals surface area contributed by atoms with Crippen molar-refractivity contribution in [1.29, 1.82) is 0 Å². The Bertz CT molecular complexity index is 1500. The van der Waals surface area contributed by atoms with Gasteiger partial charge in [-0.1, -0.05) is 0 Å². The van der Waals surface area contributed by atoms with Gasteiger partial charge in [0.05, 0.1) is 0 Å². The molecule has 0 aliphatic heterocycles. The highest BCUT2D eigenvalue weighted by molar-refractivity contribution is 5.11. The molecule has 6 aromatic heterocycles. The molecule has 12 nitrogen and oxygen atoms in total. The van der Waals surface area contributed by atoms with Crippen molar-refractivity contribution in [3.05, 3.63) is 143 Å². The molecular formula is C36H48N12. The zero-order chi connectivity index (χ0) is 35.9. The van der Waals surface area contributed by atoms with Crippen LogP contribution in [0.1, 0.15) is 68.3 Å². The van der Waals surface area contributed by atoms with Crippen molar-refractivity contribution in [3.63, 3.8) is 0 Å². The van der Waals surface area contributed by atoms with Crippen LogP contribution in [0.3, 0.4) is 0 Å². The van der Waals surface area contributed by atoms with Crippen LogP contribution < -0.4 is 0 Å². The molecular weight excluding hydrogens is 600 g/mol. The lowest BCUT2D eigenvalue weighted by molar-refractivity contribution is 1.01. The molecule has 252 valence electrons. The fraction of sp³-hybridized carbons (Fsp3) is 0.333. The van der Waals surface area contributed by atoms with E-state index in [1.807, 2.05) is 126 Å². The summed E-state index contributed by atoms with van der Waals surface area (Å²) in [6, 6.07) is 5.71. The van der Waals surface area contributed by atoms with Crippen LogP contribution in [0.25, 0.3) is 0 Å². The molecule has 0 atom stereocenters. The van der Waals surface area contributed by atoms with E-state index >= 15 is 0 Å². The number of rotatable bonds is 0. The van der Waals surface area contributed by atoms with Gasteiger partial charge in [0.15, 0.2) is 0 Å². The van der Waals surface area contributed by atoms with Gasteiger partial charge in [-0.05, 0) is 118 Å². The van der Waals surface area contributed by atoms with Gasteiger partial charge in [-0.25, -0.2) is 59.8 Å². The second-order valence-corrected chi connectivity index (χ2v) is 10.7. The first-order valence-corrected chi connectivity index (χ1v) is 15.3. The van der Waals surface area contributed by atoms with Gasteiger partial charge in [-0.3, -0.25) is 0 Å². The maximum Gasteiger partial charge on any atom is 0.125 e. The van der Waals surface area contributed by atoms with Gasteiger partial charge in [0.1, 0.15) is 36.5 Å². The van der Waals surface area contributed by atoms with E-state index in [0.29, 0.717) is 0 Å². The summed E-state index contributed by atoms with van der Waals surface area (Å²) in [5, 5.41) is 0. The first-order valence-electron chi connectivity index (χ1n) is 15.3. The molecule has 6 rings (SSSR count). The van der Waals surface area contributed by atoms with Gasteiger partial charge in [0.2, 0.25) is 0 Å². The molecule has 0 bridgehead atoms. The van der Waals surface area contributed by atoms with E-state index in [1.54, 1.807) is 31.4 Å². The van der Waals surface area contributed by atoms with Crippen molar-refractivity contribution in [2.45, 2.75) is 83.1 Å². The summed E-state index contributed by atoms with van der Waals surface area (Å²) in [4.78, 5) is 47.4. The summed E-state index contributed by atoms with van der Waals surface area (Å²) in [6.45, 7) is 23.4. The maximum absolute atomic E-state index is 4.06. The van der Waals surface area contributed by atoms with Crippen LogP contribution in [0.2, 0.25) is 0 Å². The molecule has 0 amide bonds. The summed E-state index contributed by atoms with van der Waals surface area (Å²) < 4.78 is 0. The zero-order valence-electron chi connectivity index (χ0n) is 30.3. The van der Waals surface area contributed by atoms with Gasteiger partial charge in [0, 0.05) is 71.3 Å². The van der Waals surface area contributed by atoms with Crippen LogP contribution in [-0.4, -0.2) is 59.8 Å². The highest BCUT2D eigenvalue weighted by atomic mass is 14.9. The second kappa shape index (κ2) is 22.9. The fourth-order valence-electron chi connectivity index (χ4n) is 3.11. The zero-order valence-corrected chi connectivity index (χ0v) is 30.3. The van der Waals surface area contributed by atoms with Crippen molar-refractivity contribution in [2.24, 2.45) is 0 Å². The second-order valence-electron chi connectivity index (χ2n) is 10.7. The SMILES string of the molecule is Cc1cc(C)ncn1.Cc1ccnc(C)n1.Cc1ccnc(C)n1.Cc1cnc(C)nc1.Cc1cncnc1C.Cc1cncnc1C. The predicted octanol–water partition coefficient (Wildman–Crippen LogP) is 6.56. The van der Waals surface area contributed by atoms with E-state index in [2.05, 4.69) is 59.8 Å². The molecule has 0 saturated carbocycles. The highest BCUT2D eigenvalue weighted by Crippen LogP contribution is 1.97. The van der Waals surface area contributed by atoms with Crippen LogP contribution in [0.15, 0.2) is 74.4 Å². The predicted molar refractivity (Wildman–Crippen MR) is 189 cm³/mol.